The van der Waals surface area contributed by atoms with Crippen LogP contribution in [0, 0.1) is 11.3 Å². The summed E-state index contributed by atoms with van der Waals surface area (Å²) < 4.78 is 0. The molecule has 2 aliphatic rings. The van der Waals surface area contributed by atoms with Gasteiger partial charge in [-0.25, -0.2) is 0 Å². The SMILES string of the molecule is O=C(O)CCN1C[C@H]2CCC[C@@]2(CO)C1. The van der Waals surface area contributed by atoms with Crippen molar-refractivity contribution in [3.8, 4) is 0 Å². The molecule has 0 spiro atoms. The molecule has 1 aliphatic carbocycles. The number of carboxylic acids is 1. The number of fused-ring (bicyclic) bond motifs is 1. The Hall–Kier alpha value is -0.610. The van der Waals surface area contributed by atoms with E-state index in [1.807, 2.05) is 0 Å². The molecule has 1 aliphatic heterocycles. The van der Waals surface area contributed by atoms with Gasteiger partial charge in [0, 0.05) is 25.0 Å². The van der Waals surface area contributed by atoms with Crippen molar-refractivity contribution in [1.82, 2.24) is 4.90 Å². The number of hydrogen-bond donors (Lipinski definition) is 2. The molecule has 15 heavy (non-hydrogen) atoms. The first-order chi connectivity index (χ1) is 7.16. The van der Waals surface area contributed by atoms with E-state index in [9.17, 15) is 9.90 Å². The van der Waals surface area contributed by atoms with Crippen molar-refractivity contribution >= 4 is 5.97 Å². The van der Waals surface area contributed by atoms with Gasteiger partial charge >= 0.3 is 5.97 Å². The Bertz CT molecular complexity index is 256. The predicted molar refractivity (Wildman–Crippen MR) is 55.6 cm³/mol. The van der Waals surface area contributed by atoms with Crippen LogP contribution in [0.4, 0.5) is 0 Å². The van der Waals surface area contributed by atoms with Gasteiger partial charge in [-0.05, 0) is 18.8 Å². The van der Waals surface area contributed by atoms with Crippen LogP contribution in [0.25, 0.3) is 0 Å². The summed E-state index contributed by atoms with van der Waals surface area (Å²) in [7, 11) is 0. The molecule has 4 heteroatoms. The number of aliphatic carboxylic acids is 1. The molecule has 2 fully saturated rings. The van der Waals surface area contributed by atoms with Crippen LogP contribution < -0.4 is 0 Å². The summed E-state index contributed by atoms with van der Waals surface area (Å²) >= 11 is 0. The molecule has 4 nitrogen and oxygen atoms in total. The minimum absolute atomic E-state index is 0.0957. The van der Waals surface area contributed by atoms with Gasteiger partial charge in [-0.2, -0.15) is 0 Å². The summed E-state index contributed by atoms with van der Waals surface area (Å²) in [6.07, 6.45) is 3.74. The van der Waals surface area contributed by atoms with Crippen molar-refractivity contribution in [2.24, 2.45) is 11.3 Å². The molecule has 1 heterocycles. The first kappa shape index (κ1) is 10.9. The summed E-state index contributed by atoms with van der Waals surface area (Å²) in [4.78, 5) is 12.7. The molecule has 2 atom stereocenters. The van der Waals surface area contributed by atoms with E-state index >= 15 is 0 Å². The maximum absolute atomic E-state index is 10.5. The minimum atomic E-state index is -0.731. The second-order valence-electron chi connectivity index (χ2n) is 4.99. The largest absolute Gasteiger partial charge is 0.481 e. The molecular formula is C11H19NO3. The fraction of sp³-hybridized carbons (Fsp3) is 0.909. The van der Waals surface area contributed by atoms with Crippen LogP contribution in [-0.4, -0.2) is 47.3 Å². The molecule has 1 saturated heterocycles. The number of nitrogens with zero attached hydrogens (tertiary/aromatic N) is 1. The monoisotopic (exact) mass is 213 g/mol. The first-order valence-corrected chi connectivity index (χ1v) is 5.71. The fourth-order valence-electron chi connectivity index (χ4n) is 3.21. The Morgan fingerprint density at radius 1 is 1.53 bits per heavy atom. The van der Waals surface area contributed by atoms with E-state index in [0.717, 1.165) is 19.5 Å². The number of likely N-dealkylation sites (tertiary alicyclic amines) is 1. The van der Waals surface area contributed by atoms with Crippen molar-refractivity contribution < 1.29 is 15.0 Å². The van der Waals surface area contributed by atoms with Crippen LogP contribution in [0.2, 0.25) is 0 Å². The lowest BCUT2D eigenvalue weighted by Crippen LogP contribution is -2.31. The molecule has 2 rings (SSSR count). The molecule has 0 aromatic carbocycles. The topological polar surface area (TPSA) is 60.8 Å². The van der Waals surface area contributed by atoms with Crippen molar-refractivity contribution in [1.29, 1.82) is 0 Å². The number of hydrogen-bond acceptors (Lipinski definition) is 3. The maximum Gasteiger partial charge on any atom is 0.304 e. The molecule has 1 saturated carbocycles. The first-order valence-electron chi connectivity index (χ1n) is 5.71. The van der Waals surface area contributed by atoms with Gasteiger partial charge in [-0.3, -0.25) is 4.79 Å². The molecule has 0 unspecified atom stereocenters. The average molecular weight is 213 g/mol. The van der Waals surface area contributed by atoms with E-state index in [2.05, 4.69) is 4.90 Å². The average Bonchev–Trinajstić information content (AvgIpc) is 2.70. The molecule has 0 radical (unpaired) electrons. The van der Waals surface area contributed by atoms with Crippen LogP contribution >= 0.6 is 0 Å². The molecule has 0 aromatic rings. The van der Waals surface area contributed by atoms with Crippen molar-refractivity contribution in [2.75, 3.05) is 26.2 Å². The predicted octanol–water partition coefficient (Wildman–Crippen LogP) is 0.555. The zero-order valence-electron chi connectivity index (χ0n) is 8.98. The standard InChI is InChI=1S/C11H19NO3/c13-8-11-4-1-2-9(11)6-12(7-11)5-3-10(14)15/h9,13H,1-8H2,(H,14,15)/t9-,11+/m1/s1. The van der Waals surface area contributed by atoms with Gasteiger partial charge < -0.3 is 15.1 Å². The fourth-order valence-corrected chi connectivity index (χ4v) is 3.21. The Morgan fingerprint density at radius 2 is 2.33 bits per heavy atom. The number of carbonyl (C=O) groups is 1. The molecule has 0 bridgehead atoms. The highest BCUT2D eigenvalue weighted by atomic mass is 16.4. The molecule has 2 N–H and O–H groups in total. The Kier molecular flexibility index (Phi) is 2.98. The second kappa shape index (κ2) is 4.10. The normalized spacial score (nSPS) is 35.7. The van der Waals surface area contributed by atoms with Gasteiger partial charge in [-0.1, -0.05) is 6.42 Å². The highest BCUT2D eigenvalue weighted by molar-refractivity contribution is 5.66. The molecule has 0 amide bonds. The molecular weight excluding hydrogens is 194 g/mol. The minimum Gasteiger partial charge on any atom is -0.481 e. The Labute approximate surface area is 89.9 Å². The lowest BCUT2D eigenvalue weighted by molar-refractivity contribution is -0.137. The van der Waals surface area contributed by atoms with Crippen LogP contribution in [0.5, 0.6) is 0 Å². The van der Waals surface area contributed by atoms with Crippen molar-refractivity contribution in [2.45, 2.75) is 25.7 Å². The summed E-state index contributed by atoms with van der Waals surface area (Å²) in [6, 6.07) is 0. The third-order valence-corrected chi connectivity index (χ3v) is 4.07. The lowest BCUT2D eigenvalue weighted by Gasteiger charge is -2.26. The van der Waals surface area contributed by atoms with Crippen LogP contribution in [0.3, 0.4) is 0 Å². The third kappa shape index (κ3) is 2.01. The number of aliphatic hydroxyl groups excluding tert-OH is 1. The summed E-state index contributed by atoms with van der Waals surface area (Å²) in [6.45, 7) is 2.77. The molecule has 86 valence electrons. The van der Waals surface area contributed by atoms with E-state index < -0.39 is 5.97 Å². The zero-order chi connectivity index (χ0) is 10.9. The van der Waals surface area contributed by atoms with Gasteiger partial charge in [0.15, 0.2) is 0 Å². The number of aliphatic hydroxyl groups is 1. The van der Waals surface area contributed by atoms with E-state index in [1.165, 1.54) is 12.8 Å². The van der Waals surface area contributed by atoms with Gasteiger partial charge in [0.25, 0.3) is 0 Å². The number of carboxylic acid groups (broad SMARTS) is 1. The van der Waals surface area contributed by atoms with Crippen molar-refractivity contribution in [3.05, 3.63) is 0 Å². The highest BCUT2D eigenvalue weighted by Gasteiger charge is 2.48. The van der Waals surface area contributed by atoms with Crippen LogP contribution in [0.15, 0.2) is 0 Å². The maximum atomic E-state index is 10.5. The summed E-state index contributed by atoms with van der Waals surface area (Å²) in [5.74, 6) is -0.138. The summed E-state index contributed by atoms with van der Waals surface area (Å²) in [5, 5.41) is 18.1. The van der Waals surface area contributed by atoms with Crippen LogP contribution in [-0.2, 0) is 4.79 Å². The number of rotatable bonds is 4. The van der Waals surface area contributed by atoms with Gasteiger partial charge in [0.2, 0.25) is 0 Å². The van der Waals surface area contributed by atoms with E-state index in [4.69, 9.17) is 5.11 Å². The Balaban J connectivity index is 1.90. The van der Waals surface area contributed by atoms with Crippen LogP contribution in [0.1, 0.15) is 25.7 Å². The summed E-state index contributed by atoms with van der Waals surface area (Å²) in [5.41, 5.74) is 0.0957. The van der Waals surface area contributed by atoms with Crippen molar-refractivity contribution in [3.63, 3.8) is 0 Å². The molecule has 0 aromatic heterocycles. The zero-order valence-corrected chi connectivity index (χ0v) is 8.98. The smallest absolute Gasteiger partial charge is 0.304 e. The van der Waals surface area contributed by atoms with Gasteiger partial charge in [-0.15, -0.1) is 0 Å². The van der Waals surface area contributed by atoms with E-state index in [1.54, 1.807) is 0 Å². The van der Waals surface area contributed by atoms with Gasteiger partial charge in [0.1, 0.15) is 0 Å². The highest BCUT2D eigenvalue weighted by Crippen LogP contribution is 2.48. The van der Waals surface area contributed by atoms with Gasteiger partial charge in [0.05, 0.1) is 13.0 Å². The third-order valence-electron chi connectivity index (χ3n) is 4.07. The quantitative estimate of drug-likeness (QED) is 0.716. The van der Waals surface area contributed by atoms with E-state index in [-0.39, 0.29) is 18.4 Å². The Morgan fingerprint density at radius 3 is 2.93 bits per heavy atom. The second-order valence-corrected chi connectivity index (χ2v) is 4.99. The van der Waals surface area contributed by atoms with E-state index in [0.29, 0.717) is 12.5 Å². The lowest BCUT2D eigenvalue weighted by atomic mass is 9.82.